The van der Waals surface area contributed by atoms with Crippen LogP contribution in [0.4, 0.5) is 0 Å². The summed E-state index contributed by atoms with van der Waals surface area (Å²) in [5.74, 6) is 0. The smallest absolute Gasteiger partial charge is 0.0974 e. The summed E-state index contributed by atoms with van der Waals surface area (Å²) in [6.07, 6.45) is 4.43. The fraction of sp³-hybridized carbons (Fsp3) is 0.300. The van der Waals surface area contributed by atoms with Gasteiger partial charge in [-0.3, -0.25) is 4.98 Å². The Morgan fingerprint density at radius 1 is 1.69 bits per heavy atom. The third-order valence-corrected chi connectivity index (χ3v) is 2.42. The second kappa shape index (κ2) is 5.14. The lowest BCUT2D eigenvalue weighted by molar-refractivity contribution is 0.163. The molecule has 1 unspecified atom stereocenters. The Labute approximate surface area is 86.4 Å². The Balaban J connectivity index is 2.70. The number of nitrogens with zero attached hydrogens (tertiary/aromatic N) is 1. The van der Waals surface area contributed by atoms with Gasteiger partial charge in [-0.25, -0.2) is 0 Å². The molecule has 13 heavy (non-hydrogen) atoms. The van der Waals surface area contributed by atoms with E-state index >= 15 is 0 Å². The molecule has 0 spiro atoms. The first-order valence-electron chi connectivity index (χ1n) is 4.15. The first kappa shape index (κ1) is 10.4. The SMILES string of the molecule is C=CCCC(O)c1ncccc1Br. The predicted octanol–water partition coefficient (Wildman–Crippen LogP) is 2.84. The minimum Gasteiger partial charge on any atom is -0.387 e. The summed E-state index contributed by atoms with van der Waals surface area (Å²) in [6.45, 7) is 3.61. The van der Waals surface area contributed by atoms with Crippen LogP contribution < -0.4 is 0 Å². The van der Waals surface area contributed by atoms with Crippen LogP contribution in [-0.4, -0.2) is 10.1 Å². The second-order valence-electron chi connectivity index (χ2n) is 2.75. The molecule has 0 saturated heterocycles. The number of allylic oxidation sites excluding steroid dienone is 1. The normalized spacial score (nSPS) is 12.5. The summed E-state index contributed by atoms with van der Waals surface area (Å²) >= 11 is 3.34. The number of rotatable bonds is 4. The van der Waals surface area contributed by atoms with E-state index in [-0.39, 0.29) is 0 Å². The molecule has 0 amide bonds. The van der Waals surface area contributed by atoms with E-state index in [0.29, 0.717) is 12.1 Å². The van der Waals surface area contributed by atoms with Gasteiger partial charge in [0.15, 0.2) is 0 Å². The van der Waals surface area contributed by atoms with Crippen LogP contribution in [-0.2, 0) is 0 Å². The van der Waals surface area contributed by atoms with Crippen molar-refractivity contribution in [2.24, 2.45) is 0 Å². The highest BCUT2D eigenvalue weighted by Crippen LogP contribution is 2.23. The van der Waals surface area contributed by atoms with Gasteiger partial charge in [-0.1, -0.05) is 6.08 Å². The van der Waals surface area contributed by atoms with Crippen LogP contribution in [0.5, 0.6) is 0 Å². The zero-order valence-corrected chi connectivity index (χ0v) is 8.87. The first-order valence-corrected chi connectivity index (χ1v) is 4.94. The highest BCUT2D eigenvalue weighted by molar-refractivity contribution is 9.10. The molecule has 1 aromatic rings. The maximum Gasteiger partial charge on any atom is 0.0974 e. The minimum atomic E-state index is -0.506. The van der Waals surface area contributed by atoms with Crippen molar-refractivity contribution in [1.29, 1.82) is 0 Å². The molecule has 0 fully saturated rings. The number of aliphatic hydroxyl groups excluding tert-OH is 1. The van der Waals surface area contributed by atoms with Crippen LogP contribution in [0.1, 0.15) is 24.6 Å². The van der Waals surface area contributed by atoms with E-state index in [1.807, 2.05) is 12.1 Å². The van der Waals surface area contributed by atoms with Gasteiger partial charge in [-0.2, -0.15) is 0 Å². The minimum absolute atomic E-state index is 0.506. The highest BCUT2D eigenvalue weighted by atomic mass is 79.9. The van der Waals surface area contributed by atoms with Crippen molar-refractivity contribution in [2.75, 3.05) is 0 Å². The lowest BCUT2D eigenvalue weighted by atomic mass is 10.1. The summed E-state index contributed by atoms with van der Waals surface area (Å²) < 4.78 is 0.853. The molecule has 0 aliphatic carbocycles. The number of aliphatic hydroxyl groups is 1. The average molecular weight is 242 g/mol. The summed E-state index contributed by atoms with van der Waals surface area (Å²) in [7, 11) is 0. The monoisotopic (exact) mass is 241 g/mol. The van der Waals surface area contributed by atoms with Gasteiger partial charge in [0.25, 0.3) is 0 Å². The summed E-state index contributed by atoms with van der Waals surface area (Å²) in [4.78, 5) is 4.10. The Morgan fingerprint density at radius 3 is 3.08 bits per heavy atom. The van der Waals surface area contributed by atoms with Gasteiger partial charge in [-0.15, -0.1) is 6.58 Å². The fourth-order valence-electron chi connectivity index (χ4n) is 1.06. The largest absolute Gasteiger partial charge is 0.387 e. The maximum atomic E-state index is 9.69. The molecule has 0 bridgehead atoms. The number of hydrogen-bond acceptors (Lipinski definition) is 2. The van der Waals surface area contributed by atoms with Crippen LogP contribution in [0.3, 0.4) is 0 Å². The van der Waals surface area contributed by atoms with Gasteiger partial charge in [0.1, 0.15) is 0 Å². The van der Waals surface area contributed by atoms with Crippen LogP contribution in [0.15, 0.2) is 35.5 Å². The Hall–Kier alpha value is -0.670. The quantitative estimate of drug-likeness (QED) is 0.823. The number of halogens is 1. The summed E-state index contributed by atoms with van der Waals surface area (Å²) in [6, 6.07) is 3.70. The molecule has 1 heterocycles. The molecule has 1 aromatic heterocycles. The molecule has 3 heteroatoms. The van der Waals surface area contributed by atoms with Crippen molar-refractivity contribution in [3.63, 3.8) is 0 Å². The van der Waals surface area contributed by atoms with Gasteiger partial charge in [0, 0.05) is 10.7 Å². The molecule has 0 aromatic carbocycles. The predicted molar refractivity (Wildman–Crippen MR) is 56.3 cm³/mol. The van der Waals surface area contributed by atoms with Crippen LogP contribution in [0, 0.1) is 0 Å². The van der Waals surface area contributed by atoms with Gasteiger partial charge < -0.3 is 5.11 Å². The number of hydrogen-bond donors (Lipinski definition) is 1. The van der Waals surface area contributed by atoms with E-state index in [9.17, 15) is 5.11 Å². The van der Waals surface area contributed by atoms with Crippen LogP contribution in [0.2, 0.25) is 0 Å². The molecular weight excluding hydrogens is 230 g/mol. The maximum absolute atomic E-state index is 9.69. The zero-order valence-electron chi connectivity index (χ0n) is 7.28. The van der Waals surface area contributed by atoms with Gasteiger partial charge in [-0.05, 0) is 40.9 Å². The summed E-state index contributed by atoms with van der Waals surface area (Å²) in [5, 5.41) is 9.69. The van der Waals surface area contributed by atoms with Crippen molar-refractivity contribution < 1.29 is 5.11 Å². The molecule has 0 radical (unpaired) electrons. The number of aromatic nitrogens is 1. The van der Waals surface area contributed by atoms with Crippen LogP contribution in [0.25, 0.3) is 0 Å². The average Bonchev–Trinajstić information content (AvgIpc) is 2.15. The molecule has 0 aliphatic heterocycles. The Morgan fingerprint density at radius 2 is 2.46 bits per heavy atom. The lowest BCUT2D eigenvalue weighted by Crippen LogP contribution is -2.00. The third kappa shape index (κ3) is 2.94. The van der Waals surface area contributed by atoms with Crippen molar-refractivity contribution in [3.05, 3.63) is 41.2 Å². The Bertz CT molecular complexity index is 288. The van der Waals surface area contributed by atoms with Crippen molar-refractivity contribution in [1.82, 2.24) is 4.98 Å². The topological polar surface area (TPSA) is 33.1 Å². The molecular formula is C10H12BrNO. The molecule has 0 saturated carbocycles. The second-order valence-corrected chi connectivity index (χ2v) is 3.61. The molecule has 70 valence electrons. The molecule has 1 atom stereocenters. The van der Waals surface area contributed by atoms with E-state index in [1.54, 1.807) is 12.3 Å². The van der Waals surface area contributed by atoms with Gasteiger partial charge in [0.2, 0.25) is 0 Å². The van der Waals surface area contributed by atoms with E-state index in [4.69, 9.17) is 0 Å². The van der Waals surface area contributed by atoms with Gasteiger partial charge >= 0.3 is 0 Å². The Kier molecular flexibility index (Phi) is 4.12. The zero-order chi connectivity index (χ0) is 9.68. The third-order valence-electron chi connectivity index (χ3n) is 1.75. The summed E-state index contributed by atoms with van der Waals surface area (Å²) in [5.41, 5.74) is 0.698. The molecule has 1 N–H and O–H groups in total. The lowest BCUT2D eigenvalue weighted by Gasteiger charge is -2.09. The highest BCUT2D eigenvalue weighted by Gasteiger charge is 2.10. The van der Waals surface area contributed by atoms with Crippen molar-refractivity contribution >= 4 is 15.9 Å². The molecule has 2 nitrogen and oxygen atoms in total. The van der Waals surface area contributed by atoms with E-state index in [1.165, 1.54) is 0 Å². The van der Waals surface area contributed by atoms with E-state index in [2.05, 4.69) is 27.5 Å². The van der Waals surface area contributed by atoms with Gasteiger partial charge in [0.05, 0.1) is 11.8 Å². The molecule has 0 aliphatic rings. The first-order chi connectivity index (χ1) is 6.25. The van der Waals surface area contributed by atoms with Crippen LogP contribution >= 0.6 is 15.9 Å². The standard InChI is InChI=1S/C10H12BrNO/c1-2-3-6-9(13)10-8(11)5-4-7-12-10/h2,4-5,7,9,13H,1,3,6H2. The fourth-order valence-corrected chi connectivity index (χ4v) is 1.57. The molecule has 1 rings (SSSR count). The number of pyridine rings is 1. The van der Waals surface area contributed by atoms with Crippen molar-refractivity contribution in [3.8, 4) is 0 Å². The van der Waals surface area contributed by atoms with E-state index in [0.717, 1.165) is 10.9 Å². The van der Waals surface area contributed by atoms with E-state index < -0.39 is 6.10 Å². The van der Waals surface area contributed by atoms with Crippen molar-refractivity contribution in [2.45, 2.75) is 18.9 Å².